The maximum Gasteiger partial charge on any atom is 0.271 e. The molecular weight excluding hydrogens is 436 g/mol. The highest BCUT2D eigenvalue weighted by atomic mass is 35.5. The standard InChI is InChI=1S/C27H23ClN2O3/c1-2-32-26-16-19(17-29-30-27(31)22-10-12-24(28)13-11-22)8-14-25(26)33-18-20-7-9-21-5-3-4-6-23(21)15-20/h3-17H,2,18H2,1H3,(H,30,31)/b29-17-. The monoisotopic (exact) mass is 458 g/mol. The van der Waals surface area contributed by atoms with Crippen molar-refractivity contribution in [1.82, 2.24) is 5.43 Å². The van der Waals surface area contributed by atoms with Crippen LogP contribution in [0.3, 0.4) is 0 Å². The molecule has 0 aliphatic heterocycles. The van der Waals surface area contributed by atoms with E-state index >= 15 is 0 Å². The van der Waals surface area contributed by atoms with E-state index in [1.807, 2.05) is 37.3 Å². The molecule has 0 fully saturated rings. The second kappa shape index (κ2) is 10.7. The van der Waals surface area contributed by atoms with Crippen molar-refractivity contribution in [2.45, 2.75) is 13.5 Å². The number of carbonyl (C=O) groups excluding carboxylic acids is 1. The number of fused-ring (bicyclic) bond motifs is 1. The Hall–Kier alpha value is -3.83. The summed E-state index contributed by atoms with van der Waals surface area (Å²) >= 11 is 5.85. The summed E-state index contributed by atoms with van der Waals surface area (Å²) in [7, 11) is 0. The third-order valence-electron chi connectivity index (χ3n) is 4.96. The van der Waals surface area contributed by atoms with Crippen LogP contribution >= 0.6 is 11.6 Å². The van der Waals surface area contributed by atoms with Gasteiger partial charge in [0.1, 0.15) is 6.61 Å². The largest absolute Gasteiger partial charge is 0.490 e. The van der Waals surface area contributed by atoms with Crippen LogP contribution in [0, 0.1) is 0 Å². The van der Waals surface area contributed by atoms with Crippen molar-refractivity contribution in [3.63, 3.8) is 0 Å². The highest BCUT2D eigenvalue weighted by Gasteiger charge is 2.08. The maximum absolute atomic E-state index is 12.2. The summed E-state index contributed by atoms with van der Waals surface area (Å²) in [6.45, 7) is 2.84. The van der Waals surface area contributed by atoms with Gasteiger partial charge < -0.3 is 9.47 Å². The molecule has 0 spiro atoms. The topological polar surface area (TPSA) is 59.9 Å². The van der Waals surface area contributed by atoms with Crippen LogP contribution in [0.2, 0.25) is 5.02 Å². The zero-order chi connectivity index (χ0) is 23.0. The van der Waals surface area contributed by atoms with Crippen molar-refractivity contribution in [3.05, 3.63) is 107 Å². The number of hydrogen-bond donors (Lipinski definition) is 1. The summed E-state index contributed by atoms with van der Waals surface area (Å²) in [5.41, 5.74) is 4.83. The van der Waals surface area contributed by atoms with Gasteiger partial charge in [-0.2, -0.15) is 5.10 Å². The maximum atomic E-state index is 12.2. The third kappa shape index (κ3) is 5.90. The van der Waals surface area contributed by atoms with Crippen LogP contribution in [-0.4, -0.2) is 18.7 Å². The highest BCUT2D eigenvalue weighted by molar-refractivity contribution is 6.30. The van der Waals surface area contributed by atoms with Gasteiger partial charge in [-0.25, -0.2) is 5.43 Å². The van der Waals surface area contributed by atoms with Gasteiger partial charge in [-0.15, -0.1) is 0 Å². The number of hydrogen-bond acceptors (Lipinski definition) is 4. The molecular formula is C27H23ClN2O3. The second-order valence-corrected chi connectivity index (χ2v) is 7.75. The molecule has 1 amide bonds. The van der Waals surface area contributed by atoms with Crippen LogP contribution in [-0.2, 0) is 6.61 Å². The van der Waals surface area contributed by atoms with E-state index in [0.29, 0.717) is 35.3 Å². The molecule has 166 valence electrons. The molecule has 4 aromatic carbocycles. The molecule has 0 aliphatic rings. The minimum Gasteiger partial charge on any atom is -0.490 e. The van der Waals surface area contributed by atoms with Gasteiger partial charge in [-0.3, -0.25) is 4.79 Å². The molecule has 0 aromatic heterocycles. The van der Waals surface area contributed by atoms with Crippen molar-refractivity contribution in [2.75, 3.05) is 6.61 Å². The summed E-state index contributed by atoms with van der Waals surface area (Å²) in [4.78, 5) is 12.2. The van der Waals surface area contributed by atoms with Gasteiger partial charge in [-0.1, -0.05) is 48.0 Å². The predicted octanol–water partition coefficient (Wildman–Crippen LogP) is 6.23. The van der Waals surface area contributed by atoms with E-state index in [1.54, 1.807) is 30.5 Å². The van der Waals surface area contributed by atoms with Crippen molar-refractivity contribution in [1.29, 1.82) is 0 Å². The minimum atomic E-state index is -0.316. The Morgan fingerprint density at radius 1 is 0.909 bits per heavy atom. The first-order chi connectivity index (χ1) is 16.1. The number of benzene rings is 4. The fraction of sp³-hybridized carbons (Fsp3) is 0.111. The van der Waals surface area contributed by atoms with E-state index in [0.717, 1.165) is 11.1 Å². The lowest BCUT2D eigenvalue weighted by Gasteiger charge is -2.13. The van der Waals surface area contributed by atoms with Gasteiger partial charge in [0.2, 0.25) is 0 Å². The van der Waals surface area contributed by atoms with E-state index in [9.17, 15) is 4.79 Å². The number of amides is 1. The summed E-state index contributed by atoms with van der Waals surface area (Å²) in [6.07, 6.45) is 1.56. The van der Waals surface area contributed by atoms with Crippen LogP contribution < -0.4 is 14.9 Å². The first kappa shape index (κ1) is 22.4. The molecule has 0 unspecified atom stereocenters. The fourth-order valence-corrected chi connectivity index (χ4v) is 3.44. The van der Waals surface area contributed by atoms with E-state index in [4.69, 9.17) is 21.1 Å². The molecule has 33 heavy (non-hydrogen) atoms. The number of ether oxygens (including phenoxy) is 2. The predicted molar refractivity (Wildman–Crippen MR) is 132 cm³/mol. The Morgan fingerprint density at radius 2 is 1.70 bits per heavy atom. The van der Waals surface area contributed by atoms with Crippen LogP contribution in [0.5, 0.6) is 11.5 Å². The molecule has 0 saturated heterocycles. The van der Waals surface area contributed by atoms with Gasteiger partial charge in [0.25, 0.3) is 5.91 Å². The molecule has 4 rings (SSSR count). The van der Waals surface area contributed by atoms with Crippen molar-refractivity contribution in [2.24, 2.45) is 5.10 Å². The molecule has 1 N–H and O–H groups in total. The number of nitrogens with one attached hydrogen (secondary N) is 1. The quantitative estimate of drug-likeness (QED) is 0.251. The van der Waals surface area contributed by atoms with E-state index in [1.165, 1.54) is 10.8 Å². The third-order valence-corrected chi connectivity index (χ3v) is 5.21. The number of carbonyl (C=O) groups is 1. The Bertz CT molecular complexity index is 1290. The molecule has 0 saturated carbocycles. The molecule has 0 heterocycles. The second-order valence-electron chi connectivity index (χ2n) is 7.32. The SMILES string of the molecule is CCOc1cc(/C=N\NC(=O)c2ccc(Cl)cc2)ccc1OCc1ccc2ccccc2c1. The summed E-state index contributed by atoms with van der Waals surface area (Å²) < 4.78 is 11.8. The average Bonchev–Trinajstić information content (AvgIpc) is 2.84. The minimum absolute atomic E-state index is 0.316. The number of hydrazone groups is 1. The van der Waals surface area contributed by atoms with Gasteiger partial charge in [0.15, 0.2) is 11.5 Å². The number of nitrogens with zero attached hydrogens (tertiary/aromatic N) is 1. The van der Waals surface area contributed by atoms with Crippen molar-refractivity contribution in [3.8, 4) is 11.5 Å². The van der Waals surface area contributed by atoms with Crippen molar-refractivity contribution < 1.29 is 14.3 Å². The zero-order valence-corrected chi connectivity index (χ0v) is 18.9. The molecule has 6 heteroatoms. The lowest BCUT2D eigenvalue weighted by Crippen LogP contribution is -2.17. The molecule has 0 aliphatic carbocycles. The zero-order valence-electron chi connectivity index (χ0n) is 18.1. The Morgan fingerprint density at radius 3 is 2.48 bits per heavy atom. The van der Waals surface area contributed by atoms with Crippen LogP contribution in [0.1, 0.15) is 28.4 Å². The van der Waals surface area contributed by atoms with Crippen molar-refractivity contribution >= 4 is 34.5 Å². The Balaban J connectivity index is 1.42. The Kier molecular flexibility index (Phi) is 7.22. The summed E-state index contributed by atoms with van der Waals surface area (Å²) in [5, 5.41) is 6.98. The molecule has 5 nitrogen and oxygen atoms in total. The average molecular weight is 459 g/mol. The van der Waals surface area contributed by atoms with Crippen LogP contribution in [0.25, 0.3) is 10.8 Å². The summed E-state index contributed by atoms with van der Waals surface area (Å²) in [5.74, 6) is 0.946. The normalized spacial score (nSPS) is 11.0. The number of halogens is 1. The van der Waals surface area contributed by atoms with Gasteiger partial charge in [0, 0.05) is 10.6 Å². The van der Waals surface area contributed by atoms with E-state index in [2.05, 4.69) is 40.9 Å². The summed E-state index contributed by atoms with van der Waals surface area (Å²) in [6, 6.07) is 26.6. The first-order valence-electron chi connectivity index (χ1n) is 10.6. The van der Waals surface area contributed by atoms with Gasteiger partial charge in [0.05, 0.1) is 12.8 Å². The smallest absolute Gasteiger partial charge is 0.271 e. The lowest BCUT2D eigenvalue weighted by molar-refractivity contribution is 0.0955. The molecule has 4 aromatic rings. The number of rotatable bonds is 8. The molecule has 0 radical (unpaired) electrons. The van der Waals surface area contributed by atoms with Gasteiger partial charge in [-0.05, 0) is 77.4 Å². The first-order valence-corrected chi connectivity index (χ1v) is 11.0. The van der Waals surface area contributed by atoms with Crippen LogP contribution in [0.15, 0.2) is 90.0 Å². The molecule has 0 atom stereocenters. The van der Waals surface area contributed by atoms with Crippen LogP contribution in [0.4, 0.5) is 0 Å². The lowest BCUT2D eigenvalue weighted by atomic mass is 10.1. The molecule has 0 bridgehead atoms. The van der Waals surface area contributed by atoms with E-state index < -0.39 is 0 Å². The Labute approximate surface area is 197 Å². The van der Waals surface area contributed by atoms with Gasteiger partial charge >= 0.3 is 0 Å². The fourth-order valence-electron chi connectivity index (χ4n) is 3.31. The van der Waals surface area contributed by atoms with E-state index in [-0.39, 0.29) is 5.91 Å². The highest BCUT2D eigenvalue weighted by Crippen LogP contribution is 2.29.